The molecule has 0 bridgehead atoms. The standard InChI is InChI=1S/C18H28N2O2/c1-13-5-6-16(11-14(13)2)15(3)19-18(21)12-20-9-7-17(22-4)8-10-20/h5-6,11,15,17H,7-10,12H2,1-4H3,(H,19,21). The smallest absolute Gasteiger partial charge is 0.234 e. The molecule has 1 fully saturated rings. The van der Waals surface area contributed by atoms with E-state index in [9.17, 15) is 4.79 Å². The first-order valence-corrected chi connectivity index (χ1v) is 8.11. The van der Waals surface area contributed by atoms with Crippen LogP contribution in [0.2, 0.25) is 0 Å². The number of ether oxygens (including phenoxy) is 1. The van der Waals surface area contributed by atoms with E-state index in [0.717, 1.165) is 31.5 Å². The van der Waals surface area contributed by atoms with Crippen molar-refractivity contribution >= 4 is 5.91 Å². The predicted molar refractivity (Wildman–Crippen MR) is 88.9 cm³/mol. The number of benzene rings is 1. The number of rotatable bonds is 5. The van der Waals surface area contributed by atoms with Crippen LogP contribution in [-0.2, 0) is 9.53 Å². The number of piperidine rings is 1. The van der Waals surface area contributed by atoms with Crippen molar-refractivity contribution in [1.82, 2.24) is 10.2 Å². The van der Waals surface area contributed by atoms with Crippen LogP contribution in [0.3, 0.4) is 0 Å². The van der Waals surface area contributed by atoms with Gasteiger partial charge in [0.1, 0.15) is 0 Å². The molecule has 1 aliphatic heterocycles. The molecule has 0 spiro atoms. The molecule has 1 unspecified atom stereocenters. The lowest BCUT2D eigenvalue weighted by Crippen LogP contribution is -2.43. The SMILES string of the molecule is COC1CCN(CC(=O)NC(C)c2ccc(C)c(C)c2)CC1. The van der Waals surface area contributed by atoms with E-state index in [1.165, 1.54) is 11.1 Å². The molecule has 1 aromatic rings. The molecule has 22 heavy (non-hydrogen) atoms. The molecule has 4 heteroatoms. The Kier molecular flexibility index (Phi) is 5.98. The molecule has 0 aromatic heterocycles. The lowest BCUT2D eigenvalue weighted by Gasteiger charge is -2.30. The van der Waals surface area contributed by atoms with Gasteiger partial charge in [-0.1, -0.05) is 18.2 Å². The van der Waals surface area contributed by atoms with Gasteiger partial charge in [-0.3, -0.25) is 9.69 Å². The maximum absolute atomic E-state index is 12.2. The number of nitrogens with zero attached hydrogens (tertiary/aromatic N) is 1. The van der Waals surface area contributed by atoms with E-state index < -0.39 is 0 Å². The third-order valence-electron chi connectivity index (χ3n) is 4.64. The minimum Gasteiger partial charge on any atom is -0.381 e. The van der Waals surface area contributed by atoms with Crippen molar-refractivity contribution in [3.8, 4) is 0 Å². The third-order valence-corrected chi connectivity index (χ3v) is 4.64. The second kappa shape index (κ2) is 7.75. The molecule has 0 radical (unpaired) electrons. The van der Waals surface area contributed by atoms with Crippen molar-refractivity contribution in [1.29, 1.82) is 0 Å². The summed E-state index contributed by atoms with van der Waals surface area (Å²) in [5.41, 5.74) is 3.71. The Morgan fingerprint density at radius 2 is 2.00 bits per heavy atom. The van der Waals surface area contributed by atoms with Crippen molar-refractivity contribution in [2.75, 3.05) is 26.7 Å². The van der Waals surface area contributed by atoms with Crippen LogP contribution in [0.5, 0.6) is 0 Å². The summed E-state index contributed by atoms with van der Waals surface area (Å²) >= 11 is 0. The summed E-state index contributed by atoms with van der Waals surface area (Å²) in [5.74, 6) is 0.0987. The average molecular weight is 304 g/mol. The molecule has 1 atom stereocenters. The van der Waals surface area contributed by atoms with Crippen LogP contribution in [0.1, 0.15) is 42.5 Å². The second-order valence-electron chi connectivity index (χ2n) is 6.34. The van der Waals surface area contributed by atoms with Crippen LogP contribution in [0.25, 0.3) is 0 Å². The van der Waals surface area contributed by atoms with Crippen molar-refractivity contribution in [2.45, 2.75) is 45.8 Å². The highest BCUT2D eigenvalue weighted by Gasteiger charge is 2.21. The normalized spacial score (nSPS) is 18.2. The topological polar surface area (TPSA) is 41.6 Å². The molecular weight excluding hydrogens is 276 g/mol. The largest absolute Gasteiger partial charge is 0.381 e. The number of hydrogen-bond donors (Lipinski definition) is 1. The van der Waals surface area contributed by atoms with E-state index in [4.69, 9.17) is 4.74 Å². The summed E-state index contributed by atoms with van der Waals surface area (Å²) in [5, 5.41) is 3.10. The fourth-order valence-corrected chi connectivity index (χ4v) is 2.91. The molecule has 1 aromatic carbocycles. The van der Waals surface area contributed by atoms with Crippen LogP contribution in [0.4, 0.5) is 0 Å². The number of nitrogens with one attached hydrogen (secondary N) is 1. The van der Waals surface area contributed by atoms with E-state index in [1.54, 1.807) is 7.11 Å². The quantitative estimate of drug-likeness (QED) is 0.909. The lowest BCUT2D eigenvalue weighted by molar-refractivity contribution is -0.123. The number of likely N-dealkylation sites (tertiary alicyclic amines) is 1. The Morgan fingerprint density at radius 3 is 2.59 bits per heavy atom. The van der Waals surface area contributed by atoms with E-state index >= 15 is 0 Å². The number of methoxy groups -OCH3 is 1. The molecule has 1 heterocycles. The van der Waals surface area contributed by atoms with Gasteiger partial charge in [0.05, 0.1) is 18.7 Å². The fraction of sp³-hybridized carbons (Fsp3) is 0.611. The Labute approximate surface area is 133 Å². The summed E-state index contributed by atoms with van der Waals surface area (Å²) < 4.78 is 5.36. The van der Waals surface area contributed by atoms with Crippen molar-refractivity contribution < 1.29 is 9.53 Å². The van der Waals surface area contributed by atoms with Gasteiger partial charge in [0.25, 0.3) is 0 Å². The Morgan fingerprint density at radius 1 is 1.32 bits per heavy atom. The van der Waals surface area contributed by atoms with Gasteiger partial charge in [-0.05, 0) is 50.3 Å². The van der Waals surface area contributed by atoms with Crippen molar-refractivity contribution in [2.24, 2.45) is 0 Å². The summed E-state index contributed by atoms with van der Waals surface area (Å²) in [6.45, 7) is 8.60. The first-order chi connectivity index (χ1) is 10.5. The maximum atomic E-state index is 12.2. The average Bonchev–Trinajstić information content (AvgIpc) is 2.50. The summed E-state index contributed by atoms with van der Waals surface area (Å²) in [6, 6.07) is 6.41. The van der Waals surface area contributed by atoms with Crippen molar-refractivity contribution in [3.05, 3.63) is 34.9 Å². The van der Waals surface area contributed by atoms with Gasteiger partial charge in [-0.2, -0.15) is 0 Å². The number of carbonyl (C=O) groups excluding carboxylic acids is 1. The van der Waals surface area contributed by atoms with Crippen LogP contribution in [0.15, 0.2) is 18.2 Å². The second-order valence-corrected chi connectivity index (χ2v) is 6.34. The Bertz CT molecular complexity index is 508. The van der Waals surface area contributed by atoms with Crippen molar-refractivity contribution in [3.63, 3.8) is 0 Å². The number of aryl methyl sites for hydroxylation is 2. The van der Waals surface area contributed by atoms with Gasteiger partial charge in [-0.15, -0.1) is 0 Å². The molecule has 0 aliphatic carbocycles. The molecule has 0 saturated carbocycles. The highest BCUT2D eigenvalue weighted by Crippen LogP contribution is 2.17. The van der Waals surface area contributed by atoms with Crippen LogP contribution in [0, 0.1) is 13.8 Å². The highest BCUT2D eigenvalue weighted by molar-refractivity contribution is 5.78. The predicted octanol–water partition coefficient (Wildman–Crippen LogP) is 2.59. The molecule has 4 nitrogen and oxygen atoms in total. The minimum atomic E-state index is 0.0447. The van der Waals surface area contributed by atoms with E-state index in [2.05, 4.69) is 42.3 Å². The van der Waals surface area contributed by atoms with Gasteiger partial charge < -0.3 is 10.1 Å². The summed E-state index contributed by atoms with van der Waals surface area (Å²) in [6.07, 6.45) is 2.38. The zero-order valence-electron chi connectivity index (χ0n) is 14.2. The number of amides is 1. The maximum Gasteiger partial charge on any atom is 0.234 e. The lowest BCUT2D eigenvalue weighted by atomic mass is 10.0. The molecule has 1 saturated heterocycles. The number of carbonyl (C=O) groups is 1. The van der Waals surface area contributed by atoms with Gasteiger partial charge in [-0.25, -0.2) is 0 Å². The van der Waals surface area contributed by atoms with Gasteiger partial charge in [0.15, 0.2) is 0 Å². The van der Waals surface area contributed by atoms with Gasteiger partial charge in [0.2, 0.25) is 5.91 Å². The van der Waals surface area contributed by atoms with Gasteiger partial charge in [0, 0.05) is 20.2 Å². The molecule has 122 valence electrons. The number of hydrogen-bond acceptors (Lipinski definition) is 3. The van der Waals surface area contributed by atoms with Crippen LogP contribution in [-0.4, -0.2) is 43.7 Å². The van der Waals surface area contributed by atoms with Gasteiger partial charge >= 0.3 is 0 Å². The fourth-order valence-electron chi connectivity index (χ4n) is 2.91. The summed E-state index contributed by atoms with van der Waals surface area (Å²) in [4.78, 5) is 14.4. The zero-order valence-corrected chi connectivity index (χ0v) is 14.2. The molecule has 1 amide bonds. The summed E-state index contributed by atoms with van der Waals surface area (Å²) in [7, 11) is 1.76. The molecule has 1 N–H and O–H groups in total. The first-order valence-electron chi connectivity index (χ1n) is 8.11. The molecule has 2 rings (SSSR count). The Hall–Kier alpha value is -1.39. The van der Waals surface area contributed by atoms with E-state index in [0.29, 0.717) is 12.6 Å². The Balaban J connectivity index is 1.82. The van der Waals surface area contributed by atoms with Crippen LogP contribution < -0.4 is 5.32 Å². The highest BCUT2D eigenvalue weighted by atomic mass is 16.5. The molecular formula is C18H28N2O2. The van der Waals surface area contributed by atoms with Crippen LogP contribution >= 0.6 is 0 Å². The zero-order chi connectivity index (χ0) is 16.1. The minimum absolute atomic E-state index is 0.0447. The monoisotopic (exact) mass is 304 g/mol. The first kappa shape index (κ1) is 17.0. The van der Waals surface area contributed by atoms with E-state index in [1.807, 2.05) is 6.92 Å². The van der Waals surface area contributed by atoms with E-state index in [-0.39, 0.29) is 11.9 Å². The molecule has 1 aliphatic rings. The third kappa shape index (κ3) is 4.55.